The number of amides is 1. The highest BCUT2D eigenvalue weighted by molar-refractivity contribution is 5.78. The minimum absolute atomic E-state index is 0.00342. The van der Waals surface area contributed by atoms with Gasteiger partial charge in [-0.05, 0) is 37.5 Å². The van der Waals surface area contributed by atoms with Crippen molar-refractivity contribution in [1.29, 1.82) is 0 Å². The average Bonchev–Trinajstić information content (AvgIpc) is 2.43. The second-order valence-electron chi connectivity index (χ2n) is 4.90. The lowest BCUT2D eigenvalue weighted by atomic mass is 9.89. The number of carbonyl (C=O) groups is 1. The van der Waals surface area contributed by atoms with Crippen molar-refractivity contribution in [3.05, 3.63) is 29.8 Å². The standard InChI is InChI=1S/C15H21NO4/c1-2-19-14-7-12(8-14)16-15(18)10-20-13-5-3-11(9-17)4-6-13/h3-6,12,14,17H,2,7-10H2,1H3,(H,16,18). The Balaban J connectivity index is 1.65. The zero-order chi connectivity index (χ0) is 14.4. The van der Waals surface area contributed by atoms with Gasteiger partial charge in [0.1, 0.15) is 5.75 Å². The molecular weight excluding hydrogens is 258 g/mol. The molecule has 20 heavy (non-hydrogen) atoms. The van der Waals surface area contributed by atoms with Gasteiger partial charge in [0.2, 0.25) is 0 Å². The third-order valence-corrected chi connectivity index (χ3v) is 3.34. The van der Waals surface area contributed by atoms with Crippen molar-refractivity contribution >= 4 is 5.91 Å². The molecule has 1 fully saturated rings. The normalized spacial score (nSPS) is 21.1. The van der Waals surface area contributed by atoms with E-state index in [-0.39, 0.29) is 31.3 Å². The molecule has 0 radical (unpaired) electrons. The fraction of sp³-hybridized carbons (Fsp3) is 0.533. The molecule has 1 aromatic rings. The molecular formula is C15H21NO4. The van der Waals surface area contributed by atoms with Gasteiger partial charge in [-0.25, -0.2) is 0 Å². The van der Waals surface area contributed by atoms with Gasteiger partial charge in [-0.15, -0.1) is 0 Å². The fourth-order valence-electron chi connectivity index (χ4n) is 2.16. The molecule has 1 amide bonds. The molecule has 1 aliphatic rings. The SMILES string of the molecule is CCOC1CC(NC(=O)COc2ccc(CO)cc2)C1. The zero-order valence-corrected chi connectivity index (χ0v) is 11.7. The molecule has 2 rings (SSSR count). The maximum absolute atomic E-state index is 11.7. The lowest BCUT2D eigenvalue weighted by Gasteiger charge is -2.35. The van der Waals surface area contributed by atoms with Crippen molar-refractivity contribution < 1.29 is 19.4 Å². The van der Waals surface area contributed by atoms with Crippen LogP contribution in [0.15, 0.2) is 24.3 Å². The summed E-state index contributed by atoms with van der Waals surface area (Å²) in [5, 5.41) is 11.8. The van der Waals surface area contributed by atoms with E-state index >= 15 is 0 Å². The number of rotatable bonds is 7. The molecule has 1 aliphatic carbocycles. The Bertz CT molecular complexity index is 426. The van der Waals surface area contributed by atoms with Crippen LogP contribution in [0.5, 0.6) is 5.75 Å². The summed E-state index contributed by atoms with van der Waals surface area (Å²) in [6.45, 7) is 2.71. The number of benzene rings is 1. The lowest BCUT2D eigenvalue weighted by Crippen LogP contribution is -2.49. The van der Waals surface area contributed by atoms with Gasteiger partial charge >= 0.3 is 0 Å². The van der Waals surface area contributed by atoms with E-state index in [9.17, 15) is 4.79 Å². The van der Waals surface area contributed by atoms with E-state index in [1.165, 1.54) is 0 Å². The molecule has 0 aliphatic heterocycles. The summed E-state index contributed by atoms with van der Waals surface area (Å²) in [5.74, 6) is 0.509. The van der Waals surface area contributed by atoms with Crippen LogP contribution in [-0.2, 0) is 16.1 Å². The zero-order valence-electron chi connectivity index (χ0n) is 11.7. The summed E-state index contributed by atoms with van der Waals surface area (Å²) in [7, 11) is 0. The Hall–Kier alpha value is -1.59. The number of aliphatic hydroxyl groups is 1. The number of aliphatic hydroxyl groups excluding tert-OH is 1. The van der Waals surface area contributed by atoms with Crippen molar-refractivity contribution in [3.8, 4) is 5.75 Å². The van der Waals surface area contributed by atoms with E-state index in [0.717, 1.165) is 25.0 Å². The van der Waals surface area contributed by atoms with E-state index in [2.05, 4.69) is 5.32 Å². The Morgan fingerprint density at radius 1 is 1.35 bits per heavy atom. The van der Waals surface area contributed by atoms with Crippen LogP contribution in [0.4, 0.5) is 0 Å². The van der Waals surface area contributed by atoms with Crippen LogP contribution in [0.1, 0.15) is 25.3 Å². The van der Waals surface area contributed by atoms with Crippen LogP contribution in [0.3, 0.4) is 0 Å². The molecule has 0 heterocycles. The van der Waals surface area contributed by atoms with Crippen LogP contribution in [-0.4, -0.2) is 36.4 Å². The second kappa shape index (κ2) is 7.26. The van der Waals surface area contributed by atoms with Crippen LogP contribution in [0.2, 0.25) is 0 Å². The lowest BCUT2D eigenvalue weighted by molar-refractivity contribution is -0.125. The topological polar surface area (TPSA) is 67.8 Å². The third kappa shape index (κ3) is 4.21. The summed E-state index contributed by atoms with van der Waals surface area (Å²) in [4.78, 5) is 11.7. The summed E-state index contributed by atoms with van der Waals surface area (Å²) in [6.07, 6.45) is 2.05. The van der Waals surface area contributed by atoms with Gasteiger partial charge in [-0.3, -0.25) is 4.79 Å². The van der Waals surface area contributed by atoms with E-state index < -0.39 is 0 Å². The minimum Gasteiger partial charge on any atom is -0.484 e. The Morgan fingerprint density at radius 2 is 2.05 bits per heavy atom. The maximum Gasteiger partial charge on any atom is 0.258 e. The van der Waals surface area contributed by atoms with E-state index in [0.29, 0.717) is 5.75 Å². The highest BCUT2D eigenvalue weighted by Gasteiger charge is 2.30. The Labute approximate surface area is 118 Å². The van der Waals surface area contributed by atoms with Gasteiger partial charge in [-0.1, -0.05) is 12.1 Å². The molecule has 0 spiro atoms. The molecule has 0 saturated heterocycles. The molecule has 1 saturated carbocycles. The van der Waals surface area contributed by atoms with Gasteiger partial charge in [0.05, 0.1) is 12.7 Å². The molecule has 110 valence electrons. The van der Waals surface area contributed by atoms with Gasteiger partial charge in [0, 0.05) is 12.6 Å². The Kier molecular flexibility index (Phi) is 5.38. The van der Waals surface area contributed by atoms with Crippen molar-refractivity contribution in [3.63, 3.8) is 0 Å². The molecule has 0 atom stereocenters. The smallest absolute Gasteiger partial charge is 0.258 e. The summed E-state index contributed by atoms with van der Waals surface area (Å²) in [5.41, 5.74) is 0.818. The third-order valence-electron chi connectivity index (χ3n) is 3.34. The van der Waals surface area contributed by atoms with E-state index in [1.54, 1.807) is 24.3 Å². The molecule has 0 bridgehead atoms. The van der Waals surface area contributed by atoms with Crippen LogP contribution < -0.4 is 10.1 Å². The molecule has 5 heteroatoms. The summed E-state index contributed by atoms with van der Waals surface area (Å²) >= 11 is 0. The highest BCUT2D eigenvalue weighted by atomic mass is 16.5. The Morgan fingerprint density at radius 3 is 2.65 bits per heavy atom. The predicted molar refractivity (Wildman–Crippen MR) is 74.4 cm³/mol. The van der Waals surface area contributed by atoms with E-state index in [4.69, 9.17) is 14.6 Å². The van der Waals surface area contributed by atoms with Crippen molar-refractivity contribution in [2.45, 2.75) is 38.5 Å². The van der Waals surface area contributed by atoms with Gasteiger partial charge in [-0.2, -0.15) is 0 Å². The molecule has 0 aromatic heterocycles. The number of nitrogens with one attached hydrogen (secondary N) is 1. The van der Waals surface area contributed by atoms with Crippen LogP contribution >= 0.6 is 0 Å². The first-order chi connectivity index (χ1) is 9.71. The predicted octanol–water partition coefficient (Wildman–Crippen LogP) is 1.24. The van der Waals surface area contributed by atoms with Crippen molar-refractivity contribution in [2.75, 3.05) is 13.2 Å². The highest BCUT2D eigenvalue weighted by Crippen LogP contribution is 2.23. The monoisotopic (exact) mass is 279 g/mol. The van der Waals surface area contributed by atoms with Gasteiger partial charge in [0.15, 0.2) is 6.61 Å². The minimum atomic E-state index is -0.115. The number of hydrogen-bond acceptors (Lipinski definition) is 4. The van der Waals surface area contributed by atoms with E-state index in [1.807, 2.05) is 6.92 Å². The second-order valence-corrected chi connectivity index (χ2v) is 4.90. The van der Waals surface area contributed by atoms with Crippen molar-refractivity contribution in [1.82, 2.24) is 5.32 Å². The number of ether oxygens (including phenoxy) is 2. The average molecular weight is 279 g/mol. The van der Waals surface area contributed by atoms with Crippen LogP contribution in [0.25, 0.3) is 0 Å². The van der Waals surface area contributed by atoms with Gasteiger partial charge < -0.3 is 19.9 Å². The van der Waals surface area contributed by atoms with Gasteiger partial charge in [0.25, 0.3) is 5.91 Å². The molecule has 5 nitrogen and oxygen atoms in total. The quantitative estimate of drug-likeness (QED) is 0.788. The maximum atomic E-state index is 11.7. The number of hydrogen-bond donors (Lipinski definition) is 2. The van der Waals surface area contributed by atoms with Crippen molar-refractivity contribution in [2.24, 2.45) is 0 Å². The largest absolute Gasteiger partial charge is 0.484 e. The molecule has 2 N–H and O–H groups in total. The number of carbonyl (C=O) groups excluding carboxylic acids is 1. The first-order valence-corrected chi connectivity index (χ1v) is 6.94. The first kappa shape index (κ1) is 14.8. The fourth-order valence-corrected chi connectivity index (χ4v) is 2.16. The molecule has 1 aromatic carbocycles. The summed E-state index contributed by atoms with van der Waals surface area (Å²) in [6, 6.07) is 7.23. The molecule has 0 unspecified atom stereocenters. The first-order valence-electron chi connectivity index (χ1n) is 6.94. The summed E-state index contributed by atoms with van der Waals surface area (Å²) < 4.78 is 10.8. The van der Waals surface area contributed by atoms with Crippen LogP contribution in [0, 0.1) is 0 Å².